The Balaban J connectivity index is 1.83. The Labute approximate surface area is 133 Å². The minimum Gasteiger partial charge on any atom is -0.453 e. The summed E-state index contributed by atoms with van der Waals surface area (Å²) in [5.74, 6) is 0.144. The van der Waals surface area contributed by atoms with Crippen LogP contribution in [0.15, 0.2) is 40.8 Å². The molecule has 2 aromatic rings. The molecule has 1 fully saturated rings. The van der Waals surface area contributed by atoms with E-state index in [0.717, 1.165) is 5.56 Å². The third kappa shape index (κ3) is 3.28. The van der Waals surface area contributed by atoms with Gasteiger partial charge in [0, 0.05) is 13.7 Å². The summed E-state index contributed by atoms with van der Waals surface area (Å²) in [7, 11) is 1.55. The predicted molar refractivity (Wildman–Crippen MR) is 80.2 cm³/mol. The number of carbonyl (C=O) groups excluding carboxylic acids is 1. The number of likely N-dealkylation sites (tertiary alicyclic amines) is 1. The van der Waals surface area contributed by atoms with E-state index < -0.39 is 6.10 Å². The summed E-state index contributed by atoms with van der Waals surface area (Å²) >= 11 is 0. The minimum absolute atomic E-state index is 0.207. The number of carbonyl (C=O) groups is 1. The lowest BCUT2D eigenvalue weighted by Gasteiger charge is -2.23. The second kappa shape index (κ2) is 6.52. The Morgan fingerprint density at radius 1 is 1.35 bits per heavy atom. The van der Waals surface area contributed by atoms with E-state index >= 15 is 0 Å². The molecule has 0 spiro atoms. The highest BCUT2D eigenvalue weighted by atomic mass is 19.1. The van der Waals surface area contributed by atoms with Crippen LogP contribution in [0.2, 0.25) is 0 Å². The maximum absolute atomic E-state index is 13.1. The third-order valence-electron chi connectivity index (χ3n) is 3.95. The van der Waals surface area contributed by atoms with Crippen LogP contribution < -0.4 is 0 Å². The quantitative estimate of drug-likeness (QED) is 0.940. The topological polar surface area (TPSA) is 62.9 Å². The highest BCUT2D eigenvalue weighted by molar-refractivity contribution is 5.92. The first-order valence-corrected chi connectivity index (χ1v) is 7.40. The van der Waals surface area contributed by atoms with Crippen molar-refractivity contribution in [2.75, 3.05) is 13.7 Å². The number of furan rings is 1. The van der Waals surface area contributed by atoms with Crippen LogP contribution in [0.5, 0.6) is 0 Å². The molecule has 1 N–H and O–H groups in total. The maximum atomic E-state index is 13.1. The number of nitrogens with zero attached hydrogens (tertiary/aromatic N) is 1. The van der Waals surface area contributed by atoms with E-state index in [1.54, 1.807) is 36.3 Å². The standard InChI is InChI=1S/C17H18FNO4/c1-22-10-14-6-7-16(23-14)17(21)19-9-13(20)8-15(19)11-2-4-12(18)5-3-11/h2-7,13,15,20H,8-10H2,1H3/t13-,15-/m1/s1. The second-order valence-corrected chi connectivity index (χ2v) is 5.61. The summed E-state index contributed by atoms with van der Waals surface area (Å²) in [6.45, 7) is 0.512. The number of ether oxygens (including phenoxy) is 1. The fourth-order valence-corrected chi connectivity index (χ4v) is 2.89. The van der Waals surface area contributed by atoms with E-state index in [1.807, 2.05) is 0 Å². The summed E-state index contributed by atoms with van der Waals surface area (Å²) in [6, 6.07) is 8.97. The number of methoxy groups -OCH3 is 1. The van der Waals surface area contributed by atoms with Crippen molar-refractivity contribution in [1.82, 2.24) is 4.90 Å². The van der Waals surface area contributed by atoms with Crippen molar-refractivity contribution in [3.8, 4) is 0 Å². The van der Waals surface area contributed by atoms with Crippen LogP contribution in [-0.2, 0) is 11.3 Å². The van der Waals surface area contributed by atoms with Crippen LogP contribution >= 0.6 is 0 Å². The number of halogens is 1. The lowest BCUT2D eigenvalue weighted by molar-refractivity contribution is 0.0676. The van der Waals surface area contributed by atoms with Gasteiger partial charge in [-0.25, -0.2) is 4.39 Å². The predicted octanol–water partition coefficient (Wildman–Crippen LogP) is 2.51. The summed E-state index contributed by atoms with van der Waals surface area (Å²) < 4.78 is 23.5. The SMILES string of the molecule is COCc1ccc(C(=O)N2C[C@H](O)C[C@@H]2c2ccc(F)cc2)o1. The summed E-state index contributed by atoms with van der Waals surface area (Å²) in [5.41, 5.74) is 0.792. The van der Waals surface area contributed by atoms with Crippen LogP contribution in [0, 0.1) is 5.82 Å². The van der Waals surface area contributed by atoms with Gasteiger partial charge in [-0.2, -0.15) is 0 Å². The van der Waals surface area contributed by atoms with E-state index in [2.05, 4.69) is 0 Å². The van der Waals surface area contributed by atoms with Gasteiger partial charge in [0.05, 0.1) is 12.1 Å². The fraction of sp³-hybridized carbons (Fsp3) is 0.353. The Hall–Kier alpha value is -2.18. The van der Waals surface area contributed by atoms with Gasteiger partial charge in [0.15, 0.2) is 5.76 Å². The lowest BCUT2D eigenvalue weighted by atomic mass is 10.0. The molecule has 0 saturated carbocycles. The number of amides is 1. The number of hydrogen-bond acceptors (Lipinski definition) is 4. The minimum atomic E-state index is -0.609. The molecule has 1 aromatic heterocycles. The molecule has 0 bridgehead atoms. The molecule has 1 saturated heterocycles. The van der Waals surface area contributed by atoms with E-state index in [1.165, 1.54) is 12.1 Å². The van der Waals surface area contributed by atoms with Gasteiger partial charge in [0.25, 0.3) is 5.91 Å². The van der Waals surface area contributed by atoms with Gasteiger partial charge in [-0.05, 0) is 36.2 Å². The molecule has 5 nitrogen and oxygen atoms in total. The normalized spacial score (nSPS) is 20.9. The molecule has 2 heterocycles. The van der Waals surface area contributed by atoms with E-state index in [0.29, 0.717) is 12.2 Å². The first kappa shape index (κ1) is 15.7. The Morgan fingerprint density at radius 2 is 2.09 bits per heavy atom. The van der Waals surface area contributed by atoms with Crippen LogP contribution in [0.1, 0.15) is 34.3 Å². The third-order valence-corrected chi connectivity index (χ3v) is 3.95. The van der Waals surface area contributed by atoms with Gasteiger partial charge in [0.2, 0.25) is 0 Å². The molecule has 23 heavy (non-hydrogen) atoms. The van der Waals surface area contributed by atoms with Crippen molar-refractivity contribution in [3.63, 3.8) is 0 Å². The average Bonchev–Trinajstić information content (AvgIpc) is 3.15. The van der Waals surface area contributed by atoms with Gasteiger partial charge in [-0.15, -0.1) is 0 Å². The first-order valence-electron chi connectivity index (χ1n) is 7.40. The van der Waals surface area contributed by atoms with Gasteiger partial charge >= 0.3 is 0 Å². The summed E-state index contributed by atoms with van der Waals surface area (Å²) in [6.07, 6.45) is -0.189. The van der Waals surface area contributed by atoms with Gasteiger partial charge < -0.3 is 19.2 Å². The maximum Gasteiger partial charge on any atom is 0.290 e. The van der Waals surface area contributed by atoms with Crippen molar-refractivity contribution in [1.29, 1.82) is 0 Å². The molecular weight excluding hydrogens is 301 g/mol. The Kier molecular flexibility index (Phi) is 4.45. The zero-order chi connectivity index (χ0) is 16.4. The zero-order valence-electron chi connectivity index (χ0n) is 12.7. The number of aliphatic hydroxyl groups excluding tert-OH is 1. The van der Waals surface area contributed by atoms with Crippen molar-refractivity contribution in [2.24, 2.45) is 0 Å². The number of rotatable bonds is 4. The number of hydrogen-bond donors (Lipinski definition) is 1. The van der Waals surface area contributed by atoms with Crippen LogP contribution in [0.25, 0.3) is 0 Å². The first-order chi connectivity index (χ1) is 11.1. The van der Waals surface area contributed by atoms with Crippen molar-refractivity contribution in [3.05, 3.63) is 59.3 Å². The highest BCUT2D eigenvalue weighted by Crippen LogP contribution is 2.33. The van der Waals surface area contributed by atoms with E-state index in [4.69, 9.17) is 9.15 Å². The number of β-amino-alcohol motifs (C(OH)–C–C–N with tert-alkyl or cyclic N) is 1. The monoisotopic (exact) mass is 319 g/mol. The van der Waals surface area contributed by atoms with Crippen LogP contribution in [0.4, 0.5) is 4.39 Å². The highest BCUT2D eigenvalue weighted by Gasteiger charge is 2.36. The second-order valence-electron chi connectivity index (χ2n) is 5.61. The summed E-state index contributed by atoms with van der Waals surface area (Å²) in [5, 5.41) is 9.95. The molecule has 0 radical (unpaired) electrons. The molecule has 122 valence electrons. The average molecular weight is 319 g/mol. The molecule has 3 rings (SSSR count). The Bertz CT molecular complexity index is 682. The molecule has 6 heteroatoms. The lowest BCUT2D eigenvalue weighted by Crippen LogP contribution is -2.31. The molecule has 1 aliphatic heterocycles. The number of benzene rings is 1. The van der Waals surface area contributed by atoms with Crippen molar-refractivity contribution < 1.29 is 23.4 Å². The smallest absolute Gasteiger partial charge is 0.290 e. The molecule has 1 aliphatic rings. The fourth-order valence-electron chi connectivity index (χ4n) is 2.89. The number of aliphatic hydroxyl groups is 1. The van der Waals surface area contributed by atoms with Crippen molar-refractivity contribution >= 4 is 5.91 Å². The molecule has 0 aliphatic carbocycles. The van der Waals surface area contributed by atoms with Crippen molar-refractivity contribution in [2.45, 2.75) is 25.2 Å². The van der Waals surface area contributed by atoms with Gasteiger partial charge in [-0.3, -0.25) is 4.79 Å². The zero-order valence-corrected chi connectivity index (χ0v) is 12.7. The van der Waals surface area contributed by atoms with Crippen LogP contribution in [-0.4, -0.2) is 35.7 Å². The molecule has 1 aromatic carbocycles. The Morgan fingerprint density at radius 3 is 2.78 bits per heavy atom. The summed E-state index contributed by atoms with van der Waals surface area (Å²) in [4.78, 5) is 14.2. The molecular formula is C17H18FNO4. The van der Waals surface area contributed by atoms with Gasteiger partial charge in [0.1, 0.15) is 18.2 Å². The largest absolute Gasteiger partial charge is 0.453 e. The van der Waals surface area contributed by atoms with E-state index in [-0.39, 0.29) is 36.7 Å². The van der Waals surface area contributed by atoms with Crippen LogP contribution in [0.3, 0.4) is 0 Å². The van der Waals surface area contributed by atoms with E-state index in [9.17, 15) is 14.3 Å². The molecule has 0 unspecified atom stereocenters. The van der Waals surface area contributed by atoms with Gasteiger partial charge in [-0.1, -0.05) is 12.1 Å². The molecule has 2 atom stereocenters. The molecule has 1 amide bonds.